The summed E-state index contributed by atoms with van der Waals surface area (Å²) in [5, 5.41) is 11.8. The molecule has 32 heavy (non-hydrogen) atoms. The number of aryl methyl sites for hydroxylation is 1. The molecule has 3 rings (SSSR count). The van der Waals surface area contributed by atoms with Gasteiger partial charge in [-0.15, -0.1) is 0 Å². The zero-order valence-corrected chi connectivity index (χ0v) is 18.9. The van der Waals surface area contributed by atoms with Crippen LogP contribution in [0.2, 0.25) is 0 Å². The fourth-order valence-electron chi connectivity index (χ4n) is 4.67. The van der Waals surface area contributed by atoms with Crippen LogP contribution in [0.3, 0.4) is 0 Å². The van der Waals surface area contributed by atoms with Crippen molar-refractivity contribution < 1.29 is 23.6 Å². The highest BCUT2D eigenvalue weighted by Crippen LogP contribution is 2.42. The molecule has 2 fully saturated rings. The van der Waals surface area contributed by atoms with Crippen molar-refractivity contribution in [1.29, 1.82) is 0 Å². The van der Waals surface area contributed by atoms with Crippen LogP contribution in [-0.2, 0) is 26.2 Å². The second kappa shape index (κ2) is 9.38. The first kappa shape index (κ1) is 23.9. The van der Waals surface area contributed by atoms with Gasteiger partial charge in [-0.25, -0.2) is 4.39 Å². The van der Waals surface area contributed by atoms with Crippen LogP contribution in [0, 0.1) is 5.41 Å². The van der Waals surface area contributed by atoms with Crippen molar-refractivity contribution in [1.82, 2.24) is 20.4 Å². The largest absolute Gasteiger partial charge is 0.344 e. The number of hydrogen-bond donors (Lipinski definition) is 3. The van der Waals surface area contributed by atoms with E-state index in [2.05, 4.69) is 28.0 Å². The SMILES string of the molecule is CCC(=O)N[C@@H](CC1(C)CCCC1)C(=O)NC1(C(=O)C(=O)Nc2ccn(C)n2)CC(F)C1. The fraction of sp³-hybridized carbons (Fsp3) is 0.682. The Morgan fingerprint density at radius 3 is 2.44 bits per heavy atom. The molecule has 1 aromatic heterocycles. The number of aromatic nitrogens is 2. The van der Waals surface area contributed by atoms with E-state index in [1.54, 1.807) is 20.2 Å². The standard InChI is InChI=1S/C22H32FN5O4/c1-4-17(29)24-15(13-21(2)8-5-6-9-21)19(31)26-22(11-14(23)12-22)18(30)20(32)25-16-7-10-28(3)27-16/h7,10,14-15H,4-6,8-9,11-13H2,1-3H3,(H,24,29)(H,26,31)(H,25,27,32)/t14?,15-,22?/m0/s1. The summed E-state index contributed by atoms with van der Waals surface area (Å²) in [7, 11) is 1.66. The van der Waals surface area contributed by atoms with Gasteiger partial charge in [-0.1, -0.05) is 26.7 Å². The minimum absolute atomic E-state index is 0.0984. The Morgan fingerprint density at radius 1 is 1.25 bits per heavy atom. The Kier molecular flexibility index (Phi) is 7.00. The molecule has 1 atom stereocenters. The third kappa shape index (κ3) is 5.34. The molecule has 2 saturated carbocycles. The van der Waals surface area contributed by atoms with Crippen LogP contribution in [0.25, 0.3) is 0 Å². The smallest absolute Gasteiger partial charge is 0.295 e. The minimum Gasteiger partial charge on any atom is -0.344 e. The number of Topliss-reactive ketones (excluding diaryl/α,β-unsaturated/α-hetero) is 1. The number of amides is 3. The summed E-state index contributed by atoms with van der Waals surface area (Å²) in [5.74, 6) is -2.54. The molecule has 9 nitrogen and oxygen atoms in total. The molecule has 2 aliphatic carbocycles. The molecule has 0 aliphatic heterocycles. The van der Waals surface area contributed by atoms with Crippen LogP contribution >= 0.6 is 0 Å². The quantitative estimate of drug-likeness (QED) is 0.496. The number of carbonyl (C=O) groups is 4. The highest BCUT2D eigenvalue weighted by molar-refractivity contribution is 6.44. The van der Waals surface area contributed by atoms with Crippen LogP contribution in [0.4, 0.5) is 10.2 Å². The van der Waals surface area contributed by atoms with E-state index in [4.69, 9.17) is 0 Å². The monoisotopic (exact) mass is 449 g/mol. The summed E-state index contributed by atoms with van der Waals surface area (Å²) in [6.45, 7) is 3.77. The molecule has 3 N–H and O–H groups in total. The van der Waals surface area contributed by atoms with Crippen LogP contribution < -0.4 is 16.0 Å². The van der Waals surface area contributed by atoms with E-state index in [9.17, 15) is 23.6 Å². The van der Waals surface area contributed by atoms with E-state index in [0.29, 0.717) is 6.42 Å². The summed E-state index contributed by atoms with van der Waals surface area (Å²) < 4.78 is 15.3. The maximum absolute atomic E-state index is 13.9. The highest BCUT2D eigenvalue weighted by Gasteiger charge is 2.54. The van der Waals surface area contributed by atoms with Crippen LogP contribution in [0.15, 0.2) is 12.3 Å². The van der Waals surface area contributed by atoms with Crippen molar-refractivity contribution in [2.45, 2.75) is 83.0 Å². The number of alkyl halides is 1. The van der Waals surface area contributed by atoms with E-state index < -0.39 is 35.4 Å². The number of nitrogens with zero attached hydrogens (tertiary/aromatic N) is 2. The summed E-state index contributed by atoms with van der Waals surface area (Å²) >= 11 is 0. The van der Waals surface area contributed by atoms with Gasteiger partial charge in [-0.2, -0.15) is 5.10 Å². The fourth-order valence-corrected chi connectivity index (χ4v) is 4.67. The average Bonchev–Trinajstić information content (AvgIpc) is 3.33. The van der Waals surface area contributed by atoms with Gasteiger partial charge in [0.1, 0.15) is 17.8 Å². The summed E-state index contributed by atoms with van der Waals surface area (Å²) in [5.41, 5.74) is -1.72. The Bertz CT molecular complexity index is 887. The van der Waals surface area contributed by atoms with Gasteiger partial charge in [0, 0.05) is 38.6 Å². The van der Waals surface area contributed by atoms with E-state index in [1.807, 2.05) is 0 Å². The van der Waals surface area contributed by atoms with Gasteiger partial charge in [0.2, 0.25) is 17.6 Å². The Labute approximate surface area is 186 Å². The molecule has 3 amide bonds. The van der Waals surface area contributed by atoms with Gasteiger partial charge < -0.3 is 16.0 Å². The molecule has 0 bridgehead atoms. The van der Waals surface area contributed by atoms with Crippen LogP contribution in [0.1, 0.15) is 65.2 Å². The second-order valence-corrected chi connectivity index (χ2v) is 9.43. The van der Waals surface area contributed by atoms with Gasteiger partial charge in [0.25, 0.3) is 5.91 Å². The highest BCUT2D eigenvalue weighted by atomic mass is 19.1. The number of ketones is 1. The number of nitrogens with one attached hydrogen (secondary N) is 3. The van der Waals surface area contributed by atoms with Crippen molar-refractivity contribution in [3.05, 3.63) is 12.3 Å². The van der Waals surface area contributed by atoms with Gasteiger partial charge in [0.15, 0.2) is 5.82 Å². The van der Waals surface area contributed by atoms with Crippen molar-refractivity contribution in [2.75, 3.05) is 5.32 Å². The molecular formula is C22H32FN5O4. The van der Waals surface area contributed by atoms with Gasteiger partial charge in [0.05, 0.1) is 0 Å². The molecule has 1 aromatic rings. The predicted octanol–water partition coefficient (Wildman–Crippen LogP) is 1.78. The average molecular weight is 450 g/mol. The van der Waals surface area contributed by atoms with Crippen molar-refractivity contribution >= 4 is 29.3 Å². The molecule has 10 heteroatoms. The van der Waals surface area contributed by atoms with Crippen molar-refractivity contribution in [3.8, 4) is 0 Å². The number of rotatable bonds is 9. The number of carbonyl (C=O) groups excluding carboxylic acids is 4. The molecule has 0 aromatic carbocycles. The van der Waals surface area contributed by atoms with Crippen LogP contribution in [-0.4, -0.2) is 51.0 Å². The third-order valence-corrected chi connectivity index (χ3v) is 6.58. The zero-order valence-electron chi connectivity index (χ0n) is 18.9. The van der Waals surface area contributed by atoms with Gasteiger partial charge >= 0.3 is 0 Å². The first-order chi connectivity index (χ1) is 15.1. The molecule has 2 aliphatic rings. The summed E-state index contributed by atoms with van der Waals surface area (Å²) in [4.78, 5) is 50.7. The third-order valence-electron chi connectivity index (χ3n) is 6.58. The zero-order chi connectivity index (χ0) is 23.5. The maximum atomic E-state index is 13.9. The number of halogens is 1. The number of anilines is 1. The summed E-state index contributed by atoms with van der Waals surface area (Å²) in [6, 6.07) is 0.668. The van der Waals surface area contributed by atoms with E-state index in [0.717, 1.165) is 25.7 Å². The normalized spacial score (nSPS) is 24.8. The Morgan fingerprint density at radius 2 is 1.91 bits per heavy atom. The van der Waals surface area contributed by atoms with Gasteiger partial charge in [-0.05, 0) is 24.7 Å². The second-order valence-electron chi connectivity index (χ2n) is 9.43. The number of hydrogen-bond acceptors (Lipinski definition) is 5. The molecule has 1 heterocycles. The molecule has 0 saturated heterocycles. The Hall–Kier alpha value is -2.78. The lowest BCUT2D eigenvalue weighted by Gasteiger charge is -2.43. The lowest BCUT2D eigenvalue weighted by atomic mass is 9.71. The molecule has 176 valence electrons. The summed E-state index contributed by atoms with van der Waals surface area (Å²) in [6.07, 6.45) is 4.40. The molecule has 0 radical (unpaired) electrons. The first-order valence-electron chi connectivity index (χ1n) is 11.2. The lowest BCUT2D eigenvalue weighted by Crippen LogP contribution is -2.68. The predicted molar refractivity (Wildman–Crippen MR) is 115 cm³/mol. The van der Waals surface area contributed by atoms with E-state index in [1.165, 1.54) is 10.7 Å². The van der Waals surface area contributed by atoms with Crippen LogP contribution in [0.5, 0.6) is 0 Å². The first-order valence-corrected chi connectivity index (χ1v) is 11.2. The van der Waals surface area contributed by atoms with Gasteiger partial charge in [-0.3, -0.25) is 23.9 Å². The minimum atomic E-state index is -1.62. The van der Waals surface area contributed by atoms with Crippen molar-refractivity contribution in [2.24, 2.45) is 12.5 Å². The maximum Gasteiger partial charge on any atom is 0.295 e. The molecule has 0 spiro atoms. The molecule has 0 unspecified atom stereocenters. The lowest BCUT2D eigenvalue weighted by molar-refractivity contribution is -0.146. The van der Waals surface area contributed by atoms with Crippen molar-refractivity contribution in [3.63, 3.8) is 0 Å². The van der Waals surface area contributed by atoms with E-state index >= 15 is 0 Å². The molecular weight excluding hydrogens is 417 g/mol. The topological polar surface area (TPSA) is 122 Å². The Balaban J connectivity index is 1.73. The van der Waals surface area contributed by atoms with E-state index in [-0.39, 0.29) is 36.4 Å².